The van der Waals surface area contributed by atoms with Crippen molar-refractivity contribution in [1.82, 2.24) is 0 Å². The molecular weight excluding hydrogens is 665 g/mol. The first kappa shape index (κ1) is 49.5. The van der Waals surface area contributed by atoms with Crippen molar-refractivity contribution in [2.75, 3.05) is 6.61 Å². The number of carbonyl (C=O) groups excluding carboxylic acids is 1. The summed E-state index contributed by atoms with van der Waals surface area (Å²) in [7, 11) is 0. The Kier molecular flexibility index (Phi) is 21.6. The molecule has 0 unspecified atom stereocenters. The molecule has 0 aromatic heterocycles. The summed E-state index contributed by atoms with van der Waals surface area (Å²) in [6, 6.07) is 7.94. The topological polar surface area (TPSA) is 66.8 Å². The van der Waals surface area contributed by atoms with Gasteiger partial charge in [0.05, 0.1) is 6.61 Å². The van der Waals surface area contributed by atoms with Crippen LogP contribution in [0.3, 0.4) is 0 Å². The van der Waals surface area contributed by atoms with Crippen molar-refractivity contribution in [1.29, 1.82) is 0 Å². The average molecular weight is 751 g/mol. The molecule has 310 valence electrons. The number of phenolic OH excluding ortho intramolecular Hbond substituents is 2. The summed E-state index contributed by atoms with van der Waals surface area (Å²) in [4.78, 5) is 12.3. The third kappa shape index (κ3) is 18.9. The summed E-state index contributed by atoms with van der Waals surface area (Å²) in [6.07, 6.45) is 22.5. The van der Waals surface area contributed by atoms with Gasteiger partial charge in [0.2, 0.25) is 0 Å². The third-order valence-corrected chi connectivity index (χ3v) is 10.6. The zero-order valence-electron chi connectivity index (χ0n) is 38.0. The summed E-state index contributed by atoms with van der Waals surface area (Å²) < 4.78 is 5.51. The van der Waals surface area contributed by atoms with Crippen molar-refractivity contribution in [3.05, 3.63) is 57.6 Å². The van der Waals surface area contributed by atoms with Crippen molar-refractivity contribution in [3.63, 3.8) is 0 Å². The van der Waals surface area contributed by atoms with Crippen LogP contribution in [0.15, 0.2) is 24.3 Å². The lowest BCUT2D eigenvalue weighted by atomic mass is 9.73. The van der Waals surface area contributed by atoms with Gasteiger partial charge in [0.1, 0.15) is 11.5 Å². The Hall–Kier alpha value is -2.49. The van der Waals surface area contributed by atoms with Crippen LogP contribution in [-0.4, -0.2) is 22.8 Å². The number of unbranched alkanes of at least 4 members (excludes halogenated alkanes) is 15. The van der Waals surface area contributed by atoms with E-state index in [0.29, 0.717) is 30.9 Å². The van der Waals surface area contributed by atoms with Crippen molar-refractivity contribution in [3.8, 4) is 11.5 Å². The molecule has 2 aromatic rings. The Morgan fingerprint density at radius 1 is 0.556 bits per heavy atom. The smallest absolute Gasteiger partial charge is 0.306 e. The zero-order valence-corrected chi connectivity index (χ0v) is 38.0. The Morgan fingerprint density at radius 2 is 0.944 bits per heavy atom. The number of aromatic hydroxyl groups is 2. The van der Waals surface area contributed by atoms with Gasteiger partial charge in [-0.25, -0.2) is 0 Å². The number of hydrogen-bond donors (Lipinski definition) is 2. The van der Waals surface area contributed by atoms with Crippen molar-refractivity contribution >= 4 is 5.97 Å². The molecule has 2 rings (SSSR count). The Balaban J connectivity index is 0.000000755. The van der Waals surface area contributed by atoms with Crippen LogP contribution in [0.25, 0.3) is 0 Å². The molecule has 4 nitrogen and oxygen atoms in total. The fourth-order valence-corrected chi connectivity index (χ4v) is 7.56. The highest BCUT2D eigenvalue weighted by atomic mass is 16.5. The molecule has 0 aliphatic rings. The van der Waals surface area contributed by atoms with Gasteiger partial charge in [-0.1, -0.05) is 205 Å². The van der Waals surface area contributed by atoms with Crippen LogP contribution in [0.2, 0.25) is 0 Å². The fourth-order valence-electron chi connectivity index (χ4n) is 7.56. The Morgan fingerprint density at radius 3 is 1.30 bits per heavy atom. The quantitative estimate of drug-likeness (QED) is 0.104. The summed E-state index contributed by atoms with van der Waals surface area (Å²) in [6.45, 7) is 30.7. The van der Waals surface area contributed by atoms with Gasteiger partial charge in [-0.15, -0.1) is 0 Å². The molecule has 0 aliphatic carbocycles. The standard InChI is InChI=1S/C35H62O3.C15H24O/c1-8-9-10-11-12-13-14-15-16-17-18-19-20-21-22-23-26-38-32(36)25-24-29-27-30(34(2,3)4)33(37)31(28-29)35(5,6)7;1-10-8-9-11(16)13(15(5,6)7)12(10)14(2,3)4/h27-28,37H,8-26H2,1-7H3;8-9,16H,1-7H3. The molecule has 0 atom stereocenters. The minimum Gasteiger partial charge on any atom is -0.508 e. The number of phenols is 2. The van der Waals surface area contributed by atoms with Gasteiger partial charge in [-0.3, -0.25) is 4.79 Å². The minimum absolute atomic E-state index is 0.0291. The number of esters is 1. The van der Waals surface area contributed by atoms with E-state index < -0.39 is 0 Å². The lowest BCUT2D eigenvalue weighted by Gasteiger charge is -2.32. The van der Waals surface area contributed by atoms with Crippen LogP contribution in [0, 0.1) is 6.92 Å². The molecule has 0 saturated carbocycles. The normalized spacial score (nSPS) is 12.4. The van der Waals surface area contributed by atoms with E-state index in [1.807, 2.05) is 12.1 Å². The number of aryl methyl sites for hydroxylation is 2. The number of carbonyl (C=O) groups is 1. The van der Waals surface area contributed by atoms with Crippen LogP contribution in [0.4, 0.5) is 0 Å². The molecule has 0 bridgehead atoms. The van der Waals surface area contributed by atoms with E-state index in [9.17, 15) is 15.0 Å². The Labute approximate surface area is 334 Å². The highest BCUT2D eigenvalue weighted by Crippen LogP contribution is 2.42. The van der Waals surface area contributed by atoms with Crippen molar-refractivity contribution in [2.24, 2.45) is 0 Å². The van der Waals surface area contributed by atoms with Gasteiger partial charge in [0, 0.05) is 12.0 Å². The second-order valence-electron chi connectivity index (χ2n) is 20.2. The van der Waals surface area contributed by atoms with E-state index in [0.717, 1.165) is 35.1 Å². The molecule has 0 radical (unpaired) electrons. The summed E-state index contributed by atoms with van der Waals surface area (Å²) in [5.41, 5.74) is 6.32. The number of ether oxygens (including phenoxy) is 1. The third-order valence-electron chi connectivity index (χ3n) is 10.6. The maximum Gasteiger partial charge on any atom is 0.306 e. The second kappa shape index (κ2) is 23.5. The van der Waals surface area contributed by atoms with Gasteiger partial charge in [-0.2, -0.15) is 0 Å². The number of benzene rings is 2. The predicted molar refractivity (Wildman–Crippen MR) is 235 cm³/mol. The van der Waals surface area contributed by atoms with Crippen LogP contribution < -0.4 is 0 Å². The van der Waals surface area contributed by atoms with E-state index in [1.54, 1.807) is 0 Å². The molecule has 4 heteroatoms. The molecule has 0 fully saturated rings. The summed E-state index contributed by atoms with van der Waals surface area (Å²) in [5, 5.41) is 21.0. The van der Waals surface area contributed by atoms with Gasteiger partial charge in [0.25, 0.3) is 0 Å². The fraction of sp³-hybridized carbons (Fsp3) is 0.740. The minimum atomic E-state index is -0.159. The highest BCUT2D eigenvalue weighted by molar-refractivity contribution is 5.69. The van der Waals surface area contributed by atoms with E-state index in [2.05, 4.69) is 109 Å². The molecule has 0 amide bonds. The molecule has 0 spiro atoms. The lowest BCUT2D eigenvalue weighted by Crippen LogP contribution is -2.23. The maximum absolute atomic E-state index is 12.3. The first-order valence-electron chi connectivity index (χ1n) is 21.9. The second-order valence-corrected chi connectivity index (χ2v) is 20.2. The van der Waals surface area contributed by atoms with E-state index in [1.165, 1.54) is 101 Å². The van der Waals surface area contributed by atoms with E-state index in [-0.39, 0.29) is 27.6 Å². The first-order valence-corrected chi connectivity index (χ1v) is 21.9. The predicted octanol–water partition coefficient (Wildman–Crippen LogP) is 15.0. The van der Waals surface area contributed by atoms with Gasteiger partial charge < -0.3 is 14.9 Å². The van der Waals surface area contributed by atoms with Crippen LogP contribution in [0.5, 0.6) is 11.5 Å². The zero-order chi connectivity index (χ0) is 41.2. The average Bonchev–Trinajstić information content (AvgIpc) is 3.04. The monoisotopic (exact) mass is 751 g/mol. The highest BCUT2D eigenvalue weighted by Gasteiger charge is 2.29. The largest absolute Gasteiger partial charge is 0.508 e. The molecule has 2 N–H and O–H groups in total. The van der Waals surface area contributed by atoms with Crippen molar-refractivity contribution in [2.45, 2.75) is 234 Å². The van der Waals surface area contributed by atoms with E-state index in [4.69, 9.17) is 4.74 Å². The SMILES string of the molecule is CCCCCCCCCCCCCCCCCCOC(=O)CCc1cc(C(C)(C)C)c(O)c(C(C)(C)C)c1.Cc1ccc(O)c(C(C)(C)C)c1C(C)(C)C. The number of rotatable bonds is 20. The Bertz CT molecular complexity index is 1280. The molecule has 0 saturated heterocycles. The van der Waals surface area contributed by atoms with Crippen LogP contribution in [0.1, 0.15) is 233 Å². The first-order chi connectivity index (χ1) is 25.0. The molecule has 2 aromatic carbocycles. The van der Waals surface area contributed by atoms with Crippen LogP contribution in [-0.2, 0) is 37.6 Å². The van der Waals surface area contributed by atoms with Gasteiger partial charge in [0.15, 0.2) is 0 Å². The molecule has 0 aliphatic heterocycles. The van der Waals surface area contributed by atoms with Crippen molar-refractivity contribution < 1.29 is 19.7 Å². The van der Waals surface area contributed by atoms with E-state index >= 15 is 0 Å². The summed E-state index contributed by atoms with van der Waals surface area (Å²) in [5.74, 6) is 0.691. The number of hydrogen-bond acceptors (Lipinski definition) is 4. The molecule has 54 heavy (non-hydrogen) atoms. The molecular formula is C50H86O4. The maximum atomic E-state index is 12.3. The lowest BCUT2D eigenvalue weighted by molar-refractivity contribution is -0.143. The van der Waals surface area contributed by atoms with Gasteiger partial charge >= 0.3 is 5.97 Å². The molecule has 0 heterocycles. The van der Waals surface area contributed by atoms with Gasteiger partial charge in [-0.05, 0) is 75.3 Å². The van der Waals surface area contributed by atoms with Crippen LogP contribution >= 0.6 is 0 Å². The summed E-state index contributed by atoms with van der Waals surface area (Å²) >= 11 is 0.